The summed E-state index contributed by atoms with van der Waals surface area (Å²) < 4.78 is 46.7. The molecule has 24 unspecified atom stereocenters. The lowest BCUT2D eigenvalue weighted by molar-refractivity contribution is -0.371. The molecule has 548 valence electrons. The first kappa shape index (κ1) is 83.5. The second-order valence-corrected chi connectivity index (χ2v) is 26.8. The van der Waals surface area contributed by atoms with Gasteiger partial charge in [-0.3, -0.25) is 9.59 Å². The van der Waals surface area contributed by atoms with E-state index < -0.39 is 185 Å². The zero-order chi connectivity index (χ0) is 68.2. The van der Waals surface area contributed by atoms with Crippen LogP contribution in [0.4, 0.5) is 0 Å². The zero-order valence-electron chi connectivity index (χ0n) is 56.4. The lowest BCUT2D eigenvalue weighted by Crippen LogP contribution is -2.66. The second-order valence-electron chi connectivity index (χ2n) is 26.8. The van der Waals surface area contributed by atoms with E-state index in [0.29, 0.717) is 12.8 Å². The van der Waals surface area contributed by atoms with Crippen LogP contribution in [0.15, 0.2) is 0 Å². The molecule has 0 aromatic carbocycles. The van der Waals surface area contributed by atoms with E-state index in [0.717, 1.165) is 64.7 Å². The largest absolute Gasteiger partial charge is 0.394 e. The highest BCUT2D eigenvalue weighted by Gasteiger charge is 2.53. The molecule has 0 aromatic heterocycles. The van der Waals surface area contributed by atoms with Gasteiger partial charge in [-0.1, -0.05) is 213 Å². The highest BCUT2D eigenvalue weighted by Crippen LogP contribution is 2.33. The van der Waals surface area contributed by atoms with E-state index in [-0.39, 0.29) is 12.8 Å². The van der Waals surface area contributed by atoms with Crippen molar-refractivity contribution in [3.8, 4) is 0 Å². The molecule has 24 atom stereocenters. The van der Waals surface area contributed by atoms with Crippen molar-refractivity contribution in [2.45, 2.75) is 387 Å². The number of unbranched alkanes of at least 4 members (excludes halogenated alkanes) is 29. The van der Waals surface area contributed by atoms with Gasteiger partial charge >= 0.3 is 0 Å². The van der Waals surface area contributed by atoms with Gasteiger partial charge < -0.3 is 120 Å². The van der Waals surface area contributed by atoms with Crippen LogP contribution in [0.1, 0.15) is 240 Å². The molecule has 0 spiro atoms. The molecule has 2 amide bonds. The first-order valence-corrected chi connectivity index (χ1v) is 35.8. The van der Waals surface area contributed by atoms with E-state index >= 15 is 0 Å². The fourth-order valence-corrected chi connectivity index (χ4v) is 12.7. The van der Waals surface area contributed by atoms with E-state index in [1.54, 1.807) is 0 Å². The van der Waals surface area contributed by atoms with E-state index in [1.165, 1.54) is 135 Å². The summed E-state index contributed by atoms with van der Waals surface area (Å²) in [5.74, 6) is -1.53. The van der Waals surface area contributed by atoms with Crippen LogP contribution in [-0.2, 0) is 47.5 Å². The molecule has 4 rings (SSSR count). The predicted molar refractivity (Wildman–Crippen MR) is 341 cm³/mol. The number of hydrogen-bond acceptors (Lipinski definition) is 24. The number of amides is 2. The molecule has 26 heteroatoms. The predicted octanol–water partition coefficient (Wildman–Crippen LogP) is 2.93. The van der Waals surface area contributed by atoms with Crippen molar-refractivity contribution >= 4 is 11.8 Å². The van der Waals surface area contributed by atoms with Gasteiger partial charge in [-0.05, 0) is 19.8 Å². The van der Waals surface area contributed by atoms with E-state index in [4.69, 9.17) is 37.9 Å². The van der Waals surface area contributed by atoms with E-state index in [2.05, 4.69) is 24.5 Å². The van der Waals surface area contributed by atoms with Gasteiger partial charge in [0.25, 0.3) is 0 Å². The molecule has 0 radical (unpaired) electrons. The van der Waals surface area contributed by atoms with Gasteiger partial charge in [0.15, 0.2) is 25.2 Å². The first-order chi connectivity index (χ1) is 44.7. The Morgan fingerprint density at radius 1 is 0.441 bits per heavy atom. The third-order valence-corrected chi connectivity index (χ3v) is 18.7. The average Bonchev–Trinajstić information content (AvgIpc) is 1.19. The van der Waals surface area contributed by atoms with Crippen LogP contribution < -0.4 is 10.6 Å². The topological polar surface area (TPSA) is 415 Å². The maximum atomic E-state index is 13.7. The van der Waals surface area contributed by atoms with Gasteiger partial charge in [-0.15, -0.1) is 0 Å². The highest BCUT2D eigenvalue weighted by atomic mass is 16.8. The van der Waals surface area contributed by atoms with E-state index in [1.807, 2.05) is 0 Å². The molecule has 93 heavy (non-hydrogen) atoms. The fraction of sp³-hybridized carbons (Fsp3) is 0.970. The number of aliphatic hydroxyl groups is 14. The number of carbonyl (C=O) groups is 2. The Labute approximate surface area is 552 Å². The van der Waals surface area contributed by atoms with Gasteiger partial charge in [0.2, 0.25) is 11.8 Å². The minimum Gasteiger partial charge on any atom is -0.394 e. The first-order valence-electron chi connectivity index (χ1n) is 35.8. The highest BCUT2D eigenvalue weighted by molar-refractivity contribution is 5.80. The SMILES string of the molecule is CCCCCCCCCCCCCCCCCCC(O)C(=O)NC(COC1OC(CO)C(O)C(O)C1OC1OC(COC2OC(COC3OC(C(C)O)C(O)C3O)C(O)C(O)C2NC(C)=O)C(O)C(O)C1O)C(O)C(O)CCCCCCCCCCCCCCCCC. The van der Waals surface area contributed by atoms with Crippen LogP contribution in [0.2, 0.25) is 0 Å². The summed E-state index contributed by atoms with van der Waals surface area (Å²) >= 11 is 0. The molecule has 4 aliphatic heterocycles. The number of aliphatic hydroxyl groups excluding tert-OH is 14. The van der Waals surface area contributed by atoms with Crippen molar-refractivity contribution in [2.75, 3.05) is 26.4 Å². The molecule has 0 aliphatic carbocycles. The Hall–Kier alpha value is -1.94. The van der Waals surface area contributed by atoms with Crippen molar-refractivity contribution in [1.82, 2.24) is 10.6 Å². The molecule has 0 aromatic rings. The lowest BCUT2D eigenvalue weighted by Gasteiger charge is -2.47. The zero-order valence-corrected chi connectivity index (χ0v) is 56.4. The molecular weight excluding hydrogens is 1220 g/mol. The Balaban J connectivity index is 1.39. The van der Waals surface area contributed by atoms with Crippen molar-refractivity contribution in [1.29, 1.82) is 0 Å². The maximum Gasteiger partial charge on any atom is 0.249 e. The molecule has 4 saturated heterocycles. The van der Waals surface area contributed by atoms with Gasteiger partial charge in [-0.2, -0.15) is 0 Å². The molecule has 26 nitrogen and oxygen atoms in total. The van der Waals surface area contributed by atoms with Crippen molar-refractivity contribution < 1.29 is 119 Å². The molecule has 0 saturated carbocycles. The molecule has 16 N–H and O–H groups in total. The molecule has 4 aliphatic rings. The third-order valence-electron chi connectivity index (χ3n) is 18.7. The van der Waals surface area contributed by atoms with Gasteiger partial charge in [0.1, 0.15) is 104 Å². The summed E-state index contributed by atoms with van der Waals surface area (Å²) in [7, 11) is 0. The van der Waals surface area contributed by atoms with Gasteiger partial charge in [0.05, 0.1) is 44.7 Å². The maximum absolute atomic E-state index is 13.7. The molecule has 0 bridgehead atoms. The number of hydrogen-bond donors (Lipinski definition) is 16. The summed E-state index contributed by atoms with van der Waals surface area (Å²) in [6.07, 6.45) is -1.27. The summed E-state index contributed by atoms with van der Waals surface area (Å²) in [6.45, 7) is 3.99. The Morgan fingerprint density at radius 3 is 1.30 bits per heavy atom. The molecule has 4 heterocycles. The lowest BCUT2D eigenvalue weighted by atomic mass is 9.96. The van der Waals surface area contributed by atoms with Gasteiger partial charge in [-0.25, -0.2) is 0 Å². The van der Waals surface area contributed by atoms with Crippen molar-refractivity contribution in [3.05, 3.63) is 0 Å². The summed E-state index contributed by atoms with van der Waals surface area (Å²) in [4.78, 5) is 26.0. The van der Waals surface area contributed by atoms with Crippen LogP contribution >= 0.6 is 0 Å². The third kappa shape index (κ3) is 29.4. The van der Waals surface area contributed by atoms with E-state index in [9.17, 15) is 81.1 Å². The van der Waals surface area contributed by atoms with Crippen molar-refractivity contribution in [3.63, 3.8) is 0 Å². The normalized spacial score (nSPS) is 32.5. The van der Waals surface area contributed by atoms with Crippen molar-refractivity contribution in [2.24, 2.45) is 0 Å². The van der Waals surface area contributed by atoms with Crippen LogP contribution in [-0.4, -0.2) is 257 Å². The smallest absolute Gasteiger partial charge is 0.249 e. The summed E-state index contributed by atoms with van der Waals surface area (Å²) in [5, 5.41) is 159. The number of carbonyl (C=O) groups excluding carboxylic acids is 2. The minimum absolute atomic E-state index is 0.126. The summed E-state index contributed by atoms with van der Waals surface area (Å²) in [6, 6.07) is -2.92. The average molecular weight is 1340 g/mol. The monoisotopic (exact) mass is 1340 g/mol. The number of nitrogens with one attached hydrogen (secondary N) is 2. The minimum atomic E-state index is -2.09. The van der Waals surface area contributed by atoms with Gasteiger partial charge in [0, 0.05) is 6.92 Å². The van der Waals surface area contributed by atoms with Crippen LogP contribution in [0.3, 0.4) is 0 Å². The fourth-order valence-electron chi connectivity index (χ4n) is 12.7. The molecular formula is C67H126N2O24. The number of rotatable bonds is 51. The van der Waals surface area contributed by atoms with Crippen LogP contribution in [0, 0.1) is 0 Å². The Bertz CT molecular complexity index is 1920. The summed E-state index contributed by atoms with van der Waals surface area (Å²) in [5.41, 5.74) is 0. The standard InChI is InChI=1S/C67H126N2O24/c1-5-7-9-11-13-15-17-19-21-23-25-27-29-31-33-35-37-46(74)63(85)69-44(51(75)45(73)36-34-32-30-28-26-24-22-20-18-16-14-12-10-8-6-2)39-86-67-62(57(81)52(76)47(38-70)89-67)93-66-59(83)56(80)54(78)49(91-66)40-87-64-50(68-43(4)72)55(79)53(77)48(90-64)41-88-65-60(84)58(82)61(92-65)42(3)71/h42,44-62,64-67,70-71,73-84H,5-41H2,1-4H3,(H,68,72)(H,69,85). The van der Waals surface area contributed by atoms with Crippen LogP contribution in [0.25, 0.3) is 0 Å². The quantitative estimate of drug-likeness (QED) is 0.0389. The number of ether oxygens (including phenoxy) is 8. The Morgan fingerprint density at radius 2 is 0.849 bits per heavy atom. The second kappa shape index (κ2) is 47.2. The Kier molecular flexibility index (Phi) is 42.3. The van der Waals surface area contributed by atoms with Crippen LogP contribution in [0.5, 0.6) is 0 Å². The molecule has 4 fully saturated rings.